The minimum absolute atomic E-state index is 0.105. The lowest BCUT2D eigenvalue weighted by Crippen LogP contribution is -2.29. The number of hydrogen-bond acceptors (Lipinski definition) is 8. The van der Waals surface area contributed by atoms with Gasteiger partial charge in [-0.15, -0.1) is 8.42 Å². The number of rotatable bonds is 1. The average molecular weight is 262 g/mol. The van der Waals surface area contributed by atoms with Gasteiger partial charge in [0.1, 0.15) is 5.69 Å². The number of nitrogens with two attached hydrogens (primary N) is 2. The Bertz CT molecular complexity index is 589. The van der Waals surface area contributed by atoms with Crippen LogP contribution >= 0.6 is 0 Å². The summed E-state index contributed by atoms with van der Waals surface area (Å²) in [6.07, 6.45) is 0. The van der Waals surface area contributed by atoms with Crippen LogP contribution in [0.2, 0.25) is 0 Å². The zero-order valence-corrected chi connectivity index (χ0v) is 9.48. The average Bonchev–Trinajstić information content (AvgIpc) is 2.06. The molecule has 0 spiro atoms. The Morgan fingerprint density at radius 3 is 2.41 bits per heavy atom. The van der Waals surface area contributed by atoms with Crippen molar-refractivity contribution in [3.05, 3.63) is 11.6 Å². The number of anilines is 2. The molecule has 0 aromatic heterocycles. The van der Waals surface area contributed by atoms with Gasteiger partial charge in [-0.05, 0) is 6.92 Å². The van der Waals surface area contributed by atoms with Crippen LogP contribution in [0.25, 0.3) is 0 Å². The second-order valence-corrected chi connectivity index (χ2v) is 4.83. The van der Waals surface area contributed by atoms with Gasteiger partial charge in [0.15, 0.2) is 17.3 Å². The highest BCUT2D eigenvalue weighted by Gasteiger charge is 2.37. The summed E-state index contributed by atoms with van der Waals surface area (Å²) in [5.41, 5.74) is 10.5. The fraction of sp³-hybridized carbons (Fsp3) is 0.250. The minimum Gasteiger partial charge on any atom is -0.398 e. The standard InChI is InChI=1S/C8H10N2O6S/c1-8(11,12)5-3(9)2-4-6(10)7(5)16-17(13,14)15-4/h2,11-12H,9-10H2,1H3. The number of nitrogen functional groups attached to an aromatic ring is 2. The SMILES string of the molecule is CC(O)(O)c1c(N)cc2c(N)c1OS(=O)(=O)O2. The van der Waals surface area contributed by atoms with Gasteiger partial charge in [-0.1, -0.05) is 0 Å². The minimum atomic E-state index is -4.31. The van der Waals surface area contributed by atoms with Crippen molar-refractivity contribution in [1.29, 1.82) is 0 Å². The molecule has 0 aliphatic carbocycles. The topological polar surface area (TPSA) is 145 Å². The molecule has 0 saturated heterocycles. The van der Waals surface area contributed by atoms with Crippen molar-refractivity contribution >= 4 is 21.8 Å². The van der Waals surface area contributed by atoms with Crippen LogP contribution in [0.4, 0.5) is 11.4 Å². The Kier molecular flexibility index (Phi) is 2.18. The molecule has 0 atom stereocenters. The maximum absolute atomic E-state index is 11.2. The highest BCUT2D eigenvalue weighted by Crippen LogP contribution is 2.47. The van der Waals surface area contributed by atoms with Crippen LogP contribution in [-0.2, 0) is 16.2 Å². The Labute approximate surface area is 96.7 Å². The van der Waals surface area contributed by atoms with Crippen LogP contribution in [0, 0.1) is 0 Å². The first-order valence-corrected chi connectivity index (χ1v) is 5.76. The first-order chi connectivity index (χ1) is 7.62. The predicted octanol–water partition coefficient (Wildman–Crippen LogP) is -0.976. The number of fused-ring (bicyclic) bond motifs is 2. The van der Waals surface area contributed by atoms with E-state index in [2.05, 4.69) is 8.37 Å². The molecule has 6 N–H and O–H groups in total. The van der Waals surface area contributed by atoms with Gasteiger partial charge in [0, 0.05) is 11.8 Å². The summed E-state index contributed by atoms with van der Waals surface area (Å²) in [6, 6.07) is 1.08. The van der Waals surface area contributed by atoms with Crippen LogP contribution in [0.5, 0.6) is 11.5 Å². The molecule has 1 aliphatic rings. The van der Waals surface area contributed by atoms with Crippen molar-refractivity contribution < 1.29 is 27.0 Å². The lowest BCUT2D eigenvalue weighted by molar-refractivity contribution is -0.152. The lowest BCUT2D eigenvalue weighted by Gasteiger charge is -2.26. The number of benzene rings is 1. The molecular weight excluding hydrogens is 252 g/mol. The molecule has 0 saturated carbocycles. The van der Waals surface area contributed by atoms with Gasteiger partial charge in [-0.2, -0.15) is 0 Å². The van der Waals surface area contributed by atoms with Gasteiger partial charge in [0.25, 0.3) is 0 Å². The quantitative estimate of drug-likeness (QED) is 0.373. The molecule has 2 rings (SSSR count). The summed E-state index contributed by atoms with van der Waals surface area (Å²) in [5.74, 6) is -3.03. The van der Waals surface area contributed by atoms with E-state index in [1.807, 2.05) is 0 Å². The van der Waals surface area contributed by atoms with Gasteiger partial charge in [-0.3, -0.25) is 0 Å². The van der Waals surface area contributed by atoms with Crippen LogP contribution in [0.1, 0.15) is 12.5 Å². The molecule has 8 nitrogen and oxygen atoms in total. The largest absolute Gasteiger partial charge is 0.501 e. The van der Waals surface area contributed by atoms with Gasteiger partial charge < -0.3 is 30.0 Å². The Morgan fingerprint density at radius 2 is 1.88 bits per heavy atom. The number of hydrogen-bond donors (Lipinski definition) is 4. The van der Waals surface area contributed by atoms with Crippen LogP contribution in [-0.4, -0.2) is 18.6 Å². The normalized spacial score (nSPS) is 17.1. The third-order valence-corrected chi connectivity index (χ3v) is 2.92. The molecule has 9 heteroatoms. The highest BCUT2D eigenvalue weighted by atomic mass is 32.3. The van der Waals surface area contributed by atoms with Crippen molar-refractivity contribution in [1.82, 2.24) is 0 Å². The van der Waals surface area contributed by atoms with Crippen LogP contribution in [0.3, 0.4) is 0 Å². The maximum Gasteiger partial charge on any atom is 0.501 e. The molecule has 2 bridgehead atoms. The van der Waals surface area contributed by atoms with Crippen molar-refractivity contribution in [3.63, 3.8) is 0 Å². The van der Waals surface area contributed by atoms with Gasteiger partial charge >= 0.3 is 10.4 Å². The number of aliphatic hydroxyl groups is 2. The zero-order chi connectivity index (χ0) is 13.0. The summed E-state index contributed by atoms with van der Waals surface area (Å²) in [7, 11) is -4.31. The van der Waals surface area contributed by atoms with Crippen molar-refractivity contribution in [2.45, 2.75) is 12.7 Å². The fourth-order valence-corrected chi connectivity index (χ4v) is 2.31. The van der Waals surface area contributed by atoms with E-state index in [-0.39, 0.29) is 22.7 Å². The van der Waals surface area contributed by atoms with E-state index in [1.54, 1.807) is 0 Å². The third-order valence-electron chi connectivity index (χ3n) is 2.16. The van der Waals surface area contributed by atoms with E-state index in [0.29, 0.717) is 0 Å². The van der Waals surface area contributed by atoms with Gasteiger partial charge in [-0.25, -0.2) is 0 Å². The second-order valence-electron chi connectivity index (χ2n) is 3.68. The van der Waals surface area contributed by atoms with Gasteiger partial charge in [0.05, 0.1) is 5.56 Å². The summed E-state index contributed by atoms with van der Waals surface area (Å²) in [5, 5.41) is 19.0. The second kappa shape index (κ2) is 3.15. The molecular formula is C8H10N2O6S. The molecule has 1 aliphatic heterocycles. The first-order valence-electron chi connectivity index (χ1n) is 4.43. The molecule has 1 aromatic rings. The fourth-order valence-electron chi connectivity index (χ4n) is 1.54. The van der Waals surface area contributed by atoms with Crippen molar-refractivity contribution in [3.8, 4) is 11.5 Å². The van der Waals surface area contributed by atoms with Crippen LogP contribution < -0.4 is 19.8 Å². The van der Waals surface area contributed by atoms with Gasteiger partial charge in [0.2, 0.25) is 0 Å². The summed E-state index contributed by atoms with van der Waals surface area (Å²) in [6.45, 7) is 1.000. The summed E-state index contributed by atoms with van der Waals surface area (Å²) in [4.78, 5) is 0. The zero-order valence-electron chi connectivity index (χ0n) is 8.67. The summed E-state index contributed by atoms with van der Waals surface area (Å²) < 4.78 is 31.3. The lowest BCUT2D eigenvalue weighted by atomic mass is 10.0. The summed E-state index contributed by atoms with van der Waals surface area (Å²) >= 11 is 0. The molecule has 94 valence electrons. The smallest absolute Gasteiger partial charge is 0.398 e. The molecule has 17 heavy (non-hydrogen) atoms. The molecule has 1 heterocycles. The maximum atomic E-state index is 11.2. The molecule has 0 unspecified atom stereocenters. The molecule has 0 fully saturated rings. The van der Waals surface area contributed by atoms with E-state index in [0.717, 1.165) is 13.0 Å². The third kappa shape index (κ3) is 1.84. The highest BCUT2D eigenvalue weighted by molar-refractivity contribution is 7.82. The monoisotopic (exact) mass is 262 g/mol. The predicted molar refractivity (Wildman–Crippen MR) is 57.2 cm³/mol. The van der Waals surface area contributed by atoms with Crippen molar-refractivity contribution in [2.24, 2.45) is 0 Å². The van der Waals surface area contributed by atoms with Crippen LogP contribution in [0.15, 0.2) is 6.07 Å². The van der Waals surface area contributed by atoms with Crippen molar-refractivity contribution in [2.75, 3.05) is 11.5 Å². The Balaban J connectivity index is 2.79. The van der Waals surface area contributed by atoms with E-state index in [9.17, 15) is 18.6 Å². The van der Waals surface area contributed by atoms with E-state index >= 15 is 0 Å². The Hall–Kier alpha value is -1.71. The van der Waals surface area contributed by atoms with E-state index < -0.39 is 21.9 Å². The van der Waals surface area contributed by atoms with E-state index in [1.165, 1.54) is 0 Å². The first kappa shape index (κ1) is 11.8. The molecule has 0 amide bonds. The van der Waals surface area contributed by atoms with E-state index in [4.69, 9.17) is 11.5 Å². The molecule has 1 aromatic carbocycles. The molecule has 0 radical (unpaired) electrons. The Morgan fingerprint density at radius 1 is 1.29 bits per heavy atom.